The van der Waals surface area contributed by atoms with E-state index in [0.29, 0.717) is 28.4 Å². The van der Waals surface area contributed by atoms with Crippen LogP contribution in [-0.2, 0) is 22.6 Å². The lowest BCUT2D eigenvalue weighted by Gasteiger charge is -2.14. The summed E-state index contributed by atoms with van der Waals surface area (Å²) in [6.07, 6.45) is 0.0764. The minimum absolute atomic E-state index is 0.0764. The van der Waals surface area contributed by atoms with Gasteiger partial charge in [-0.3, -0.25) is 4.79 Å². The molecule has 0 N–H and O–H groups in total. The average Bonchev–Trinajstić information content (AvgIpc) is 2.65. The number of nitrogens with zero attached hydrogens (tertiary/aromatic N) is 1. The molecule has 2 rings (SSSR count). The van der Waals surface area contributed by atoms with Crippen LogP contribution in [0.2, 0.25) is 0 Å². The third-order valence-electron chi connectivity index (χ3n) is 3.56. The Labute approximate surface area is 146 Å². The molecular weight excluding hydrogens is 322 g/mol. The zero-order chi connectivity index (χ0) is 18.2. The highest BCUT2D eigenvalue weighted by Crippen LogP contribution is 2.38. The fourth-order valence-electron chi connectivity index (χ4n) is 2.29. The number of hydrogen-bond acceptors (Lipinski definition) is 6. The van der Waals surface area contributed by atoms with Gasteiger partial charge in [-0.2, -0.15) is 5.26 Å². The molecule has 0 unspecified atom stereocenters. The van der Waals surface area contributed by atoms with E-state index in [1.807, 2.05) is 6.07 Å². The lowest BCUT2D eigenvalue weighted by molar-refractivity contribution is -0.144. The van der Waals surface area contributed by atoms with Crippen LogP contribution in [0.5, 0.6) is 17.2 Å². The van der Waals surface area contributed by atoms with Crippen molar-refractivity contribution >= 4 is 5.97 Å². The molecule has 130 valence electrons. The maximum absolute atomic E-state index is 12.1. The Balaban J connectivity index is 2.03. The van der Waals surface area contributed by atoms with Crippen LogP contribution in [0.3, 0.4) is 0 Å². The first-order valence-corrected chi connectivity index (χ1v) is 7.54. The summed E-state index contributed by atoms with van der Waals surface area (Å²) in [6.45, 7) is 0.148. The van der Waals surface area contributed by atoms with Gasteiger partial charge in [0.05, 0.1) is 39.4 Å². The van der Waals surface area contributed by atoms with E-state index >= 15 is 0 Å². The Hall–Kier alpha value is -3.20. The van der Waals surface area contributed by atoms with Crippen LogP contribution < -0.4 is 14.2 Å². The van der Waals surface area contributed by atoms with Crippen molar-refractivity contribution in [3.63, 3.8) is 0 Å². The Bertz CT molecular complexity index is 752. The maximum atomic E-state index is 12.1. The molecule has 6 heteroatoms. The summed E-state index contributed by atoms with van der Waals surface area (Å²) in [6, 6.07) is 12.3. The van der Waals surface area contributed by atoms with Gasteiger partial charge in [0, 0.05) is 0 Å². The molecule has 0 aliphatic carbocycles. The molecule has 0 fully saturated rings. The van der Waals surface area contributed by atoms with Crippen LogP contribution in [0.25, 0.3) is 0 Å². The molecule has 0 saturated heterocycles. The molecule has 0 atom stereocenters. The van der Waals surface area contributed by atoms with Crippen LogP contribution in [0.4, 0.5) is 0 Å². The number of methoxy groups -OCH3 is 3. The smallest absolute Gasteiger partial charge is 0.310 e. The highest BCUT2D eigenvalue weighted by atomic mass is 16.5. The van der Waals surface area contributed by atoms with Gasteiger partial charge in [0.15, 0.2) is 11.5 Å². The van der Waals surface area contributed by atoms with Gasteiger partial charge in [0.25, 0.3) is 0 Å². The van der Waals surface area contributed by atoms with Gasteiger partial charge >= 0.3 is 5.97 Å². The summed E-state index contributed by atoms with van der Waals surface area (Å²) in [4.78, 5) is 12.1. The molecule has 0 bridgehead atoms. The van der Waals surface area contributed by atoms with Gasteiger partial charge in [0.2, 0.25) is 5.75 Å². The molecule has 2 aromatic rings. The highest BCUT2D eigenvalue weighted by Gasteiger charge is 2.15. The van der Waals surface area contributed by atoms with Crippen molar-refractivity contribution in [2.75, 3.05) is 21.3 Å². The monoisotopic (exact) mass is 341 g/mol. The predicted molar refractivity (Wildman–Crippen MR) is 90.8 cm³/mol. The third-order valence-corrected chi connectivity index (χ3v) is 3.56. The van der Waals surface area contributed by atoms with Gasteiger partial charge < -0.3 is 18.9 Å². The summed E-state index contributed by atoms with van der Waals surface area (Å²) >= 11 is 0. The van der Waals surface area contributed by atoms with E-state index in [-0.39, 0.29) is 19.0 Å². The van der Waals surface area contributed by atoms with Gasteiger partial charge in [-0.1, -0.05) is 12.1 Å². The van der Waals surface area contributed by atoms with Crippen molar-refractivity contribution in [1.29, 1.82) is 5.26 Å². The van der Waals surface area contributed by atoms with Gasteiger partial charge in [-0.25, -0.2) is 0 Å². The average molecular weight is 341 g/mol. The molecule has 0 aromatic heterocycles. The molecule has 0 spiro atoms. The van der Waals surface area contributed by atoms with E-state index < -0.39 is 0 Å². The Morgan fingerprint density at radius 1 is 0.960 bits per heavy atom. The normalized spacial score (nSPS) is 9.84. The molecule has 2 aromatic carbocycles. The number of ether oxygens (including phenoxy) is 4. The summed E-state index contributed by atoms with van der Waals surface area (Å²) in [5, 5.41) is 8.77. The Kier molecular flexibility index (Phi) is 6.24. The van der Waals surface area contributed by atoms with Crippen molar-refractivity contribution in [1.82, 2.24) is 0 Å². The SMILES string of the molecule is COc1cc(CC(=O)OCc2ccc(C#N)cc2)cc(OC)c1OC. The molecule has 0 aliphatic heterocycles. The van der Waals surface area contributed by atoms with Crippen molar-refractivity contribution in [2.45, 2.75) is 13.0 Å². The Morgan fingerprint density at radius 3 is 2.04 bits per heavy atom. The fraction of sp³-hybridized carbons (Fsp3) is 0.263. The topological polar surface area (TPSA) is 77.8 Å². The van der Waals surface area contributed by atoms with E-state index in [1.165, 1.54) is 21.3 Å². The van der Waals surface area contributed by atoms with Crippen LogP contribution in [0.1, 0.15) is 16.7 Å². The summed E-state index contributed by atoms with van der Waals surface area (Å²) in [7, 11) is 4.56. The van der Waals surface area contributed by atoms with Crippen molar-refractivity contribution < 1.29 is 23.7 Å². The first-order valence-electron chi connectivity index (χ1n) is 7.54. The fourth-order valence-corrected chi connectivity index (χ4v) is 2.29. The molecule has 0 radical (unpaired) electrons. The largest absolute Gasteiger partial charge is 0.493 e. The highest BCUT2D eigenvalue weighted by molar-refractivity contribution is 5.73. The Morgan fingerprint density at radius 2 is 1.56 bits per heavy atom. The summed E-state index contributed by atoms with van der Waals surface area (Å²) in [5.74, 6) is 1.06. The molecule has 0 amide bonds. The number of hydrogen-bond donors (Lipinski definition) is 0. The number of nitriles is 1. The van der Waals surface area contributed by atoms with Crippen molar-refractivity contribution in [3.05, 3.63) is 53.1 Å². The number of esters is 1. The van der Waals surface area contributed by atoms with Crippen LogP contribution in [0, 0.1) is 11.3 Å². The number of carbonyl (C=O) groups excluding carboxylic acids is 1. The standard InChI is InChI=1S/C19H19NO5/c1-22-16-8-15(9-17(23-2)19(16)24-3)10-18(21)25-12-14-6-4-13(11-20)5-7-14/h4-9H,10,12H2,1-3H3. The molecule has 0 saturated carbocycles. The summed E-state index contributed by atoms with van der Waals surface area (Å²) in [5.41, 5.74) is 2.07. The van der Waals surface area contributed by atoms with Crippen LogP contribution in [-0.4, -0.2) is 27.3 Å². The number of carbonyl (C=O) groups is 1. The first kappa shape index (κ1) is 18.1. The van der Waals surface area contributed by atoms with Crippen molar-refractivity contribution in [3.8, 4) is 23.3 Å². The zero-order valence-corrected chi connectivity index (χ0v) is 14.4. The third kappa shape index (κ3) is 4.64. The molecule has 0 aliphatic rings. The molecule has 0 heterocycles. The summed E-state index contributed by atoms with van der Waals surface area (Å²) < 4.78 is 21.1. The second-order valence-electron chi connectivity index (χ2n) is 5.18. The van der Waals surface area contributed by atoms with Crippen LogP contribution in [0.15, 0.2) is 36.4 Å². The minimum Gasteiger partial charge on any atom is -0.493 e. The van der Waals surface area contributed by atoms with Crippen LogP contribution >= 0.6 is 0 Å². The number of rotatable bonds is 7. The van der Waals surface area contributed by atoms with E-state index in [1.54, 1.807) is 36.4 Å². The quantitative estimate of drug-likeness (QED) is 0.721. The van der Waals surface area contributed by atoms with Gasteiger partial charge in [-0.05, 0) is 35.4 Å². The predicted octanol–water partition coefficient (Wildman–Crippen LogP) is 2.87. The molecule has 25 heavy (non-hydrogen) atoms. The second-order valence-corrected chi connectivity index (χ2v) is 5.18. The number of benzene rings is 2. The van der Waals surface area contributed by atoms with E-state index in [2.05, 4.69) is 0 Å². The first-order chi connectivity index (χ1) is 12.1. The lowest BCUT2D eigenvalue weighted by atomic mass is 10.1. The van der Waals surface area contributed by atoms with E-state index in [9.17, 15) is 4.79 Å². The van der Waals surface area contributed by atoms with Crippen molar-refractivity contribution in [2.24, 2.45) is 0 Å². The second kappa shape index (κ2) is 8.60. The maximum Gasteiger partial charge on any atom is 0.310 e. The molecule has 6 nitrogen and oxygen atoms in total. The lowest BCUT2D eigenvalue weighted by Crippen LogP contribution is -2.08. The van der Waals surface area contributed by atoms with E-state index in [0.717, 1.165) is 5.56 Å². The van der Waals surface area contributed by atoms with Gasteiger partial charge in [-0.15, -0.1) is 0 Å². The van der Waals surface area contributed by atoms with Gasteiger partial charge in [0.1, 0.15) is 6.61 Å². The van der Waals surface area contributed by atoms with E-state index in [4.69, 9.17) is 24.2 Å². The minimum atomic E-state index is -0.376. The zero-order valence-electron chi connectivity index (χ0n) is 14.4. The molecular formula is C19H19NO5.